The summed E-state index contributed by atoms with van der Waals surface area (Å²) in [4.78, 5) is 28.8. The van der Waals surface area contributed by atoms with Gasteiger partial charge < -0.3 is 25.2 Å². The van der Waals surface area contributed by atoms with Gasteiger partial charge in [-0.3, -0.25) is 5.10 Å². The van der Waals surface area contributed by atoms with Crippen LogP contribution in [0.3, 0.4) is 0 Å². The highest BCUT2D eigenvalue weighted by molar-refractivity contribution is 6.03. The lowest BCUT2D eigenvalue weighted by Crippen LogP contribution is -2.45. The van der Waals surface area contributed by atoms with E-state index >= 15 is 0 Å². The fraction of sp³-hybridized carbons (Fsp3) is 0.300. The third kappa shape index (κ3) is 6.18. The van der Waals surface area contributed by atoms with E-state index in [9.17, 15) is 22.8 Å². The van der Waals surface area contributed by atoms with Gasteiger partial charge in [-0.1, -0.05) is 12.1 Å². The molecule has 1 aliphatic heterocycles. The Morgan fingerprint density at radius 1 is 0.976 bits per heavy atom. The van der Waals surface area contributed by atoms with Gasteiger partial charge in [0.05, 0.1) is 17.7 Å². The maximum atomic E-state index is 14.0. The number of likely N-dealkylation sites (N-methyl/N-ethyl adjacent to an activating group) is 1. The highest BCUT2D eigenvalue weighted by Crippen LogP contribution is 2.39. The van der Waals surface area contributed by atoms with Crippen molar-refractivity contribution in [2.24, 2.45) is 0 Å². The summed E-state index contributed by atoms with van der Waals surface area (Å²) in [5.74, 6) is -0.513. The number of aromatic amines is 1. The number of hydrogen-bond acceptors (Lipinski definition) is 6. The van der Waals surface area contributed by atoms with Gasteiger partial charge in [0, 0.05) is 48.6 Å². The number of benzene rings is 3. The number of halogens is 3. The molecule has 3 aromatic carbocycles. The zero-order valence-corrected chi connectivity index (χ0v) is 23.4. The van der Waals surface area contributed by atoms with E-state index in [1.54, 1.807) is 30.0 Å². The zero-order chi connectivity index (χ0) is 30.0. The Kier molecular flexibility index (Phi) is 8.08. The Labute approximate surface area is 240 Å². The van der Waals surface area contributed by atoms with Crippen LogP contribution >= 0.6 is 0 Å². The lowest BCUT2D eigenvalue weighted by molar-refractivity contribution is -0.137. The second-order valence-corrected chi connectivity index (χ2v) is 10.2. The maximum Gasteiger partial charge on any atom is 0.418 e. The topological polar surface area (TPSA) is 103 Å². The zero-order valence-electron chi connectivity index (χ0n) is 23.4. The van der Waals surface area contributed by atoms with Gasteiger partial charge in [-0.25, -0.2) is 9.59 Å². The summed E-state index contributed by atoms with van der Waals surface area (Å²) in [6.45, 7) is 6.19. The van der Waals surface area contributed by atoms with Crippen LogP contribution in [-0.2, 0) is 10.9 Å². The minimum absolute atomic E-state index is 0.0344. The third-order valence-corrected chi connectivity index (χ3v) is 7.24. The number of alkyl halides is 3. The van der Waals surface area contributed by atoms with E-state index < -0.39 is 23.7 Å². The van der Waals surface area contributed by atoms with Gasteiger partial charge in [-0.05, 0) is 80.1 Å². The smallest absolute Gasteiger partial charge is 0.418 e. The number of nitrogens with one attached hydrogen (secondary N) is 3. The number of carbonyl (C=O) groups is 2. The van der Waals surface area contributed by atoms with Crippen molar-refractivity contribution < 1.29 is 27.5 Å². The molecule has 0 aliphatic carbocycles. The second-order valence-electron chi connectivity index (χ2n) is 10.2. The molecule has 1 saturated heterocycles. The molecular formula is C30H31F3N6O3. The highest BCUT2D eigenvalue weighted by Gasteiger charge is 2.36. The van der Waals surface area contributed by atoms with Gasteiger partial charge >= 0.3 is 18.2 Å². The lowest BCUT2D eigenvalue weighted by Gasteiger charge is -2.35. The first-order valence-electron chi connectivity index (χ1n) is 13.5. The predicted octanol–water partition coefficient (Wildman–Crippen LogP) is 6.13. The summed E-state index contributed by atoms with van der Waals surface area (Å²) in [6, 6.07) is 14.0. The molecule has 5 rings (SSSR count). The molecule has 0 spiro atoms. The number of amides is 2. The van der Waals surface area contributed by atoms with Crippen LogP contribution in [0.5, 0.6) is 0 Å². The van der Waals surface area contributed by atoms with Crippen molar-refractivity contribution in [3.63, 3.8) is 0 Å². The minimum atomic E-state index is -4.58. The molecule has 42 heavy (non-hydrogen) atoms. The van der Waals surface area contributed by atoms with Gasteiger partial charge in [-0.2, -0.15) is 18.3 Å². The van der Waals surface area contributed by atoms with Crippen LogP contribution in [0.2, 0.25) is 0 Å². The number of fused-ring (bicyclic) bond motifs is 1. The number of carbonyl (C=O) groups excluding carboxylic acids is 2. The largest absolute Gasteiger partial charge is 0.461 e. The van der Waals surface area contributed by atoms with Crippen LogP contribution in [0.25, 0.3) is 22.0 Å². The summed E-state index contributed by atoms with van der Waals surface area (Å²) in [6.07, 6.45) is -4.58. The highest BCUT2D eigenvalue weighted by atomic mass is 19.4. The molecule has 0 radical (unpaired) electrons. The number of rotatable bonds is 6. The molecule has 9 nitrogen and oxygen atoms in total. The summed E-state index contributed by atoms with van der Waals surface area (Å²) in [5.41, 5.74) is 3.22. The van der Waals surface area contributed by atoms with Crippen LogP contribution in [0.4, 0.5) is 35.0 Å². The molecule has 2 amide bonds. The first kappa shape index (κ1) is 28.9. The Balaban J connectivity index is 1.33. The van der Waals surface area contributed by atoms with Crippen molar-refractivity contribution in [1.29, 1.82) is 0 Å². The standard InChI is InChI=1S/C30H31F3N6O3/c1-4-42-28(40)27-22-9-6-19(15-25(22)36-37-27)23-16-20(7-5-18(23)2)34-29(41)35-21-8-10-26(24(17-21)30(31,32)33)39-13-11-38(3)12-14-39/h5-10,15-17H,4,11-14H2,1-3H3,(H,36,37)(H2,34,35,41). The van der Waals surface area contributed by atoms with Gasteiger partial charge in [0.1, 0.15) is 0 Å². The molecule has 0 atom stereocenters. The molecule has 1 aromatic heterocycles. The molecule has 3 N–H and O–H groups in total. The predicted molar refractivity (Wildman–Crippen MR) is 156 cm³/mol. The molecule has 12 heteroatoms. The average molecular weight is 581 g/mol. The minimum Gasteiger partial charge on any atom is -0.461 e. The maximum absolute atomic E-state index is 14.0. The number of piperazine rings is 1. The van der Waals surface area contributed by atoms with Crippen molar-refractivity contribution in [1.82, 2.24) is 15.1 Å². The number of aryl methyl sites for hydroxylation is 1. The van der Waals surface area contributed by atoms with Crippen molar-refractivity contribution in [3.8, 4) is 11.1 Å². The average Bonchev–Trinajstić information content (AvgIpc) is 3.38. The first-order valence-corrected chi connectivity index (χ1v) is 13.5. The van der Waals surface area contributed by atoms with Crippen LogP contribution < -0.4 is 15.5 Å². The van der Waals surface area contributed by atoms with E-state index in [0.29, 0.717) is 42.8 Å². The molecule has 0 bridgehead atoms. The van der Waals surface area contributed by atoms with Crippen LogP contribution in [0.1, 0.15) is 28.5 Å². The molecule has 0 saturated carbocycles. The Hall–Kier alpha value is -4.58. The molecular weight excluding hydrogens is 549 g/mol. The van der Waals surface area contributed by atoms with E-state index in [-0.39, 0.29) is 23.7 Å². The van der Waals surface area contributed by atoms with Gasteiger partial charge in [0.2, 0.25) is 0 Å². The first-order chi connectivity index (χ1) is 20.0. The number of aromatic nitrogens is 2. The summed E-state index contributed by atoms with van der Waals surface area (Å²) >= 11 is 0. The number of H-pyrrole nitrogens is 1. The fourth-order valence-electron chi connectivity index (χ4n) is 5.01. The number of ether oxygens (including phenoxy) is 1. The Bertz CT molecular complexity index is 1630. The van der Waals surface area contributed by atoms with E-state index in [4.69, 9.17) is 4.74 Å². The second kappa shape index (κ2) is 11.7. The van der Waals surface area contributed by atoms with E-state index in [1.807, 2.05) is 32.2 Å². The normalized spacial score (nSPS) is 14.2. The van der Waals surface area contributed by atoms with Crippen molar-refractivity contribution >= 4 is 40.0 Å². The Morgan fingerprint density at radius 2 is 1.67 bits per heavy atom. The fourth-order valence-corrected chi connectivity index (χ4v) is 5.01. The van der Waals surface area contributed by atoms with Crippen LogP contribution in [-0.4, -0.2) is 66.9 Å². The molecule has 2 heterocycles. The van der Waals surface area contributed by atoms with Gasteiger partial charge in [0.25, 0.3) is 0 Å². The van der Waals surface area contributed by atoms with Crippen LogP contribution in [0.15, 0.2) is 54.6 Å². The SMILES string of the molecule is CCOC(=O)c1n[nH]c2cc(-c3cc(NC(=O)Nc4ccc(N5CCN(C)CC5)c(C(F)(F)F)c4)ccc3C)ccc12. The number of urea groups is 1. The molecule has 1 aliphatic rings. The van der Waals surface area contributed by atoms with Crippen LogP contribution in [0, 0.1) is 6.92 Å². The van der Waals surface area contributed by atoms with Crippen molar-refractivity contribution in [2.45, 2.75) is 20.0 Å². The lowest BCUT2D eigenvalue weighted by atomic mass is 9.98. The van der Waals surface area contributed by atoms with E-state index in [1.165, 1.54) is 12.1 Å². The summed E-state index contributed by atoms with van der Waals surface area (Å²) in [5, 5.41) is 12.8. The van der Waals surface area contributed by atoms with E-state index in [2.05, 4.69) is 25.7 Å². The van der Waals surface area contributed by atoms with Gasteiger partial charge in [-0.15, -0.1) is 0 Å². The number of esters is 1. The van der Waals surface area contributed by atoms with Crippen molar-refractivity contribution in [3.05, 3.63) is 71.4 Å². The quantitative estimate of drug-likeness (QED) is 0.237. The summed E-state index contributed by atoms with van der Waals surface area (Å²) < 4.78 is 47.0. The Morgan fingerprint density at radius 3 is 2.36 bits per heavy atom. The molecule has 1 fully saturated rings. The summed E-state index contributed by atoms with van der Waals surface area (Å²) in [7, 11) is 1.94. The molecule has 220 valence electrons. The third-order valence-electron chi connectivity index (χ3n) is 7.24. The van der Waals surface area contributed by atoms with Gasteiger partial charge in [0.15, 0.2) is 5.69 Å². The molecule has 0 unspecified atom stereocenters. The number of hydrogen-bond donors (Lipinski definition) is 3. The number of anilines is 3. The monoisotopic (exact) mass is 580 g/mol. The molecule has 4 aromatic rings. The number of nitrogens with zero attached hydrogens (tertiary/aromatic N) is 3. The van der Waals surface area contributed by atoms with Crippen molar-refractivity contribution in [2.75, 3.05) is 55.4 Å². The van der Waals surface area contributed by atoms with E-state index in [0.717, 1.165) is 22.8 Å².